The van der Waals surface area contributed by atoms with Crippen LogP contribution in [0, 0.1) is 5.41 Å². The molecule has 0 saturated carbocycles. The van der Waals surface area contributed by atoms with Crippen molar-refractivity contribution in [2.24, 2.45) is 16.1 Å². The number of nitrogens with zero attached hydrogens (tertiary/aromatic N) is 2. The maximum absolute atomic E-state index is 12.9. The lowest BCUT2D eigenvalue weighted by Gasteiger charge is -2.27. The molecule has 1 aromatic heterocycles. The van der Waals surface area contributed by atoms with Gasteiger partial charge in [-0.2, -0.15) is 0 Å². The number of allylic oxidation sites excluding steroid dienone is 2. The number of nitrogens with two attached hydrogens (primary N) is 1. The van der Waals surface area contributed by atoms with E-state index < -0.39 is 0 Å². The SMILES string of the molecule is C/C=C(\C)C(=O)N1CCc2c(C(=O)NC(/C=C(\N)C(C)(C)C)=NCCO)csc2C1. The molecule has 164 valence electrons. The van der Waals surface area contributed by atoms with Gasteiger partial charge in [0.25, 0.3) is 5.91 Å². The van der Waals surface area contributed by atoms with Gasteiger partial charge >= 0.3 is 0 Å². The summed E-state index contributed by atoms with van der Waals surface area (Å²) in [5, 5.41) is 13.8. The molecule has 0 spiro atoms. The predicted octanol–water partition coefficient (Wildman–Crippen LogP) is 2.61. The van der Waals surface area contributed by atoms with Crippen LogP contribution in [-0.2, 0) is 17.8 Å². The van der Waals surface area contributed by atoms with Gasteiger partial charge in [-0.1, -0.05) is 26.8 Å². The van der Waals surface area contributed by atoms with Gasteiger partial charge in [0.1, 0.15) is 5.84 Å². The molecule has 2 amide bonds. The van der Waals surface area contributed by atoms with Gasteiger partial charge in [-0.15, -0.1) is 11.3 Å². The van der Waals surface area contributed by atoms with E-state index in [0.29, 0.717) is 36.6 Å². The zero-order valence-corrected chi connectivity index (χ0v) is 19.2. The number of fused-ring (bicyclic) bond motifs is 1. The first-order chi connectivity index (χ1) is 14.1. The van der Waals surface area contributed by atoms with Gasteiger partial charge in [0.2, 0.25) is 5.91 Å². The third-order valence-corrected chi connectivity index (χ3v) is 6.04. The summed E-state index contributed by atoms with van der Waals surface area (Å²) in [4.78, 5) is 32.5. The van der Waals surface area contributed by atoms with Crippen molar-refractivity contribution in [3.8, 4) is 0 Å². The molecule has 1 aliphatic rings. The molecule has 8 heteroatoms. The van der Waals surface area contributed by atoms with Crippen molar-refractivity contribution in [3.05, 3.63) is 44.8 Å². The van der Waals surface area contributed by atoms with E-state index >= 15 is 0 Å². The molecule has 2 heterocycles. The van der Waals surface area contributed by atoms with Gasteiger partial charge in [0.15, 0.2) is 0 Å². The average Bonchev–Trinajstić information content (AvgIpc) is 3.13. The number of nitrogens with one attached hydrogen (secondary N) is 1. The van der Waals surface area contributed by atoms with Crippen molar-refractivity contribution >= 4 is 29.0 Å². The lowest BCUT2D eigenvalue weighted by atomic mass is 9.92. The number of amides is 2. The molecule has 0 aromatic carbocycles. The highest BCUT2D eigenvalue weighted by molar-refractivity contribution is 7.10. The predicted molar refractivity (Wildman–Crippen MR) is 121 cm³/mol. The fraction of sp³-hybridized carbons (Fsp3) is 0.500. The number of carbonyl (C=O) groups is 2. The fourth-order valence-electron chi connectivity index (χ4n) is 2.90. The number of hydrogen-bond donors (Lipinski definition) is 3. The molecule has 30 heavy (non-hydrogen) atoms. The molecule has 1 aliphatic heterocycles. The smallest absolute Gasteiger partial charge is 0.257 e. The number of rotatable bonds is 5. The Morgan fingerprint density at radius 3 is 2.70 bits per heavy atom. The van der Waals surface area contributed by atoms with Crippen molar-refractivity contribution in [1.29, 1.82) is 0 Å². The largest absolute Gasteiger partial charge is 0.401 e. The number of amidine groups is 1. The summed E-state index contributed by atoms with van der Waals surface area (Å²) in [6.45, 7) is 10.7. The zero-order valence-electron chi connectivity index (χ0n) is 18.4. The minimum atomic E-state index is -0.271. The quantitative estimate of drug-likeness (QED) is 0.377. The third kappa shape index (κ3) is 5.79. The van der Waals surface area contributed by atoms with Gasteiger partial charge in [-0.25, -0.2) is 0 Å². The standard InChI is InChI=1S/C22H32N4O3S/c1-6-14(2)21(29)26-9-7-15-16(13-30-17(15)12-26)20(28)25-19(24-8-10-27)11-18(23)22(3,4)5/h6,11,13,27H,7-10,12,23H2,1-5H3,(H,24,25,28)/b14-6+,18-11-. The molecule has 0 bridgehead atoms. The molecule has 7 nitrogen and oxygen atoms in total. The Balaban J connectivity index is 2.20. The van der Waals surface area contributed by atoms with E-state index in [-0.39, 0.29) is 30.4 Å². The summed E-state index contributed by atoms with van der Waals surface area (Å²) < 4.78 is 0. The molecule has 0 radical (unpaired) electrons. The molecular weight excluding hydrogens is 400 g/mol. The van der Waals surface area contributed by atoms with E-state index in [4.69, 9.17) is 10.8 Å². The van der Waals surface area contributed by atoms with Crippen LogP contribution >= 0.6 is 11.3 Å². The number of aliphatic hydroxyl groups excluding tert-OH is 1. The van der Waals surface area contributed by atoms with Gasteiger partial charge in [0.05, 0.1) is 25.3 Å². The summed E-state index contributed by atoms with van der Waals surface area (Å²) in [6.07, 6.45) is 4.09. The fourth-order valence-corrected chi connectivity index (χ4v) is 4.00. The molecule has 4 N–H and O–H groups in total. The van der Waals surface area contributed by atoms with Crippen LogP contribution in [0.25, 0.3) is 0 Å². The van der Waals surface area contributed by atoms with E-state index in [0.717, 1.165) is 16.0 Å². The number of thiophene rings is 1. The Morgan fingerprint density at radius 2 is 2.10 bits per heavy atom. The van der Waals surface area contributed by atoms with Crippen LogP contribution in [0.1, 0.15) is 55.4 Å². The normalized spacial score (nSPS) is 15.8. The van der Waals surface area contributed by atoms with E-state index in [1.165, 1.54) is 11.3 Å². The van der Waals surface area contributed by atoms with Crippen molar-refractivity contribution in [1.82, 2.24) is 10.2 Å². The molecule has 0 aliphatic carbocycles. The summed E-state index contributed by atoms with van der Waals surface area (Å²) in [5.74, 6) is 0.105. The second-order valence-corrected chi connectivity index (χ2v) is 9.26. The highest BCUT2D eigenvalue weighted by Gasteiger charge is 2.27. The van der Waals surface area contributed by atoms with Crippen molar-refractivity contribution in [2.45, 2.75) is 47.6 Å². The molecule has 0 fully saturated rings. The highest BCUT2D eigenvalue weighted by atomic mass is 32.1. The van der Waals surface area contributed by atoms with Crippen LogP contribution in [0.15, 0.2) is 33.8 Å². The topological polar surface area (TPSA) is 108 Å². The first-order valence-corrected chi connectivity index (χ1v) is 10.9. The molecule has 0 unspecified atom stereocenters. The molecule has 0 saturated heterocycles. The Morgan fingerprint density at radius 1 is 1.40 bits per heavy atom. The van der Waals surface area contributed by atoms with Crippen LogP contribution in [-0.4, -0.2) is 47.4 Å². The van der Waals surface area contributed by atoms with Crippen LogP contribution < -0.4 is 11.1 Å². The summed E-state index contributed by atoms with van der Waals surface area (Å²) in [7, 11) is 0. The van der Waals surface area contributed by atoms with Crippen LogP contribution in [0.2, 0.25) is 0 Å². The maximum atomic E-state index is 12.9. The highest BCUT2D eigenvalue weighted by Crippen LogP contribution is 2.29. The van der Waals surface area contributed by atoms with Gasteiger partial charge in [-0.3, -0.25) is 14.6 Å². The lowest BCUT2D eigenvalue weighted by molar-refractivity contribution is -0.127. The second-order valence-electron chi connectivity index (χ2n) is 8.29. The van der Waals surface area contributed by atoms with Crippen LogP contribution in [0.4, 0.5) is 0 Å². The van der Waals surface area contributed by atoms with Crippen molar-refractivity contribution in [3.63, 3.8) is 0 Å². The summed E-state index contributed by atoms with van der Waals surface area (Å²) >= 11 is 1.49. The minimum absolute atomic E-state index is 0.0313. The summed E-state index contributed by atoms with van der Waals surface area (Å²) in [6, 6.07) is 0. The first-order valence-electron chi connectivity index (χ1n) is 10.0. The lowest BCUT2D eigenvalue weighted by Crippen LogP contribution is -2.37. The Hall–Kier alpha value is -2.45. The maximum Gasteiger partial charge on any atom is 0.257 e. The van der Waals surface area contributed by atoms with Gasteiger partial charge in [-0.05, 0) is 31.9 Å². The Kier molecular flexibility index (Phi) is 7.97. The minimum Gasteiger partial charge on any atom is -0.401 e. The third-order valence-electron chi connectivity index (χ3n) is 5.03. The Bertz CT molecular complexity index is 891. The molecule has 0 atom stereocenters. The number of carbonyl (C=O) groups excluding carboxylic acids is 2. The van der Waals surface area contributed by atoms with E-state index in [2.05, 4.69) is 10.3 Å². The van der Waals surface area contributed by atoms with Crippen LogP contribution in [0.3, 0.4) is 0 Å². The number of aliphatic hydroxyl groups is 1. The van der Waals surface area contributed by atoms with Gasteiger partial charge in [0, 0.05) is 33.5 Å². The second kappa shape index (κ2) is 10.0. The molecular formula is C22H32N4O3S. The van der Waals surface area contributed by atoms with Crippen molar-refractivity contribution < 1.29 is 14.7 Å². The number of hydrogen-bond acceptors (Lipinski definition) is 6. The van der Waals surface area contributed by atoms with E-state index in [9.17, 15) is 9.59 Å². The van der Waals surface area contributed by atoms with Crippen LogP contribution in [0.5, 0.6) is 0 Å². The Labute approximate surface area is 182 Å². The van der Waals surface area contributed by atoms with Crippen molar-refractivity contribution in [2.75, 3.05) is 19.7 Å². The number of aliphatic imine (C=N–C) groups is 1. The zero-order chi connectivity index (χ0) is 22.5. The van der Waals surface area contributed by atoms with E-state index in [1.54, 1.807) is 6.08 Å². The monoisotopic (exact) mass is 432 g/mol. The summed E-state index contributed by atoms with van der Waals surface area (Å²) in [5.41, 5.74) is 8.75. The molecule has 2 rings (SSSR count). The van der Waals surface area contributed by atoms with E-state index in [1.807, 2.05) is 51.0 Å². The average molecular weight is 433 g/mol. The molecule has 1 aromatic rings. The first kappa shape index (κ1) is 23.8. The van der Waals surface area contributed by atoms with Gasteiger partial charge < -0.3 is 21.1 Å².